The standard InChI is InChI=1S/C16H16BrN3O5S2/c1-11-10-12(2-3-13(11)20(22)23)16(21)18-6-8-19(9-7-18)27(24,25)15-5-4-14(17)26-15/h2-5,10H,6-9H2,1H3. The van der Waals surface area contributed by atoms with E-state index in [1.807, 2.05) is 0 Å². The van der Waals surface area contributed by atoms with Crippen molar-refractivity contribution in [3.05, 3.63) is 55.4 Å². The van der Waals surface area contributed by atoms with Crippen LogP contribution in [0.3, 0.4) is 0 Å². The lowest BCUT2D eigenvalue weighted by atomic mass is 10.1. The van der Waals surface area contributed by atoms with Crippen LogP contribution >= 0.6 is 27.3 Å². The molecule has 1 aliphatic rings. The van der Waals surface area contributed by atoms with E-state index in [-0.39, 0.29) is 42.0 Å². The van der Waals surface area contributed by atoms with Gasteiger partial charge in [0.05, 0.1) is 8.71 Å². The quantitative estimate of drug-likeness (QED) is 0.501. The van der Waals surface area contributed by atoms with E-state index < -0.39 is 14.9 Å². The molecule has 0 aliphatic carbocycles. The first-order valence-electron chi connectivity index (χ1n) is 8.00. The average molecular weight is 474 g/mol. The Hall–Kier alpha value is -1.82. The zero-order valence-corrected chi connectivity index (χ0v) is 17.5. The molecule has 27 heavy (non-hydrogen) atoms. The summed E-state index contributed by atoms with van der Waals surface area (Å²) in [7, 11) is -3.57. The predicted octanol–water partition coefficient (Wildman–Crippen LogP) is 2.87. The molecule has 3 rings (SSSR count). The Morgan fingerprint density at radius 2 is 1.85 bits per heavy atom. The van der Waals surface area contributed by atoms with E-state index >= 15 is 0 Å². The van der Waals surface area contributed by atoms with Gasteiger partial charge in [0, 0.05) is 43.4 Å². The minimum absolute atomic E-state index is 0.0374. The molecule has 0 saturated carbocycles. The molecule has 1 aromatic carbocycles. The van der Waals surface area contributed by atoms with Crippen LogP contribution in [0.1, 0.15) is 15.9 Å². The molecule has 1 aliphatic heterocycles. The first-order valence-corrected chi connectivity index (χ1v) is 11.0. The third-order valence-electron chi connectivity index (χ3n) is 4.31. The third kappa shape index (κ3) is 4.05. The molecule has 0 spiro atoms. The van der Waals surface area contributed by atoms with Crippen LogP contribution in [0.15, 0.2) is 38.3 Å². The largest absolute Gasteiger partial charge is 0.336 e. The van der Waals surface area contributed by atoms with E-state index in [0.29, 0.717) is 11.1 Å². The molecule has 2 heterocycles. The maximum atomic E-state index is 12.6. The second-order valence-corrected chi connectivity index (χ2v) is 10.6. The number of amides is 1. The predicted molar refractivity (Wildman–Crippen MR) is 105 cm³/mol. The van der Waals surface area contributed by atoms with Gasteiger partial charge in [0.1, 0.15) is 4.21 Å². The summed E-state index contributed by atoms with van der Waals surface area (Å²) in [5.41, 5.74) is 0.733. The van der Waals surface area contributed by atoms with Crippen LogP contribution in [0.4, 0.5) is 5.69 Å². The highest BCUT2D eigenvalue weighted by molar-refractivity contribution is 9.11. The molecule has 144 valence electrons. The molecule has 1 amide bonds. The highest BCUT2D eigenvalue weighted by atomic mass is 79.9. The van der Waals surface area contributed by atoms with Crippen LogP contribution in [0.25, 0.3) is 0 Å². The van der Waals surface area contributed by atoms with Gasteiger partial charge < -0.3 is 4.90 Å². The van der Waals surface area contributed by atoms with Gasteiger partial charge >= 0.3 is 0 Å². The Labute approximate surface area is 168 Å². The van der Waals surface area contributed by atoms with Crippen molar-refractivity contribution in [2.75, 3.05) is 26.2 Å². The summed E-state index contributed by atoms with van der Waals surface area (Å²) in [5, 5.41) is 10.9. The van der Waals surface area contributed by atoms with E-state index in [0.717, 1.165) is 15.1 Å². The van der Waals surface area contributed by atoms with E-state index in [1.165, 1.54) is 22.5 Å². The number of rotatable bonds is 4. The van der Waals surface area contributed by atoms with E-state index in [1.54, 1.807) is 24.0 Å². The van der Waals surface area contributed by atoms with E-state index in [2.05, 4.69) is 15.9 Å². The van der Waals surface area contributed by atoms with Crippen molar-refractivity contribution in [3.8, 4) is 0 Å². The Kier molecular flexibility index (Phi) is 5.65. The zero-order chi connectivity index (χ0) is 19.8. The molecule has 2 aromatic rings. The van der Waals surface area contributed by atoms with Crippen LogP contribution in [-0.2, 0) is 10.0 Å². The Morgan fingerprint density at radius 3 is 2.37 bits per heavy atom. The van der Waals surface area contributed by atoms with Crippen molar-refractivity contribution in [2.45, 2.75) is 11.1 Å². The van der Waals surface area contributed by atoms with Crippen LogP contribution < -0.4 is 0 Å². The van der Waals surface area contributed by atoms with Crippen LogP contribution in [-0.4, -0.2) is 54.6 Å². The maximum Gasteiger partial charge on any atom is 0.272 e. The first kappa shape index (κ1) is 19.9. The molecule has 0 bridgehead atoms. The zero-order valence-electron chi connectivity index (χ0n) is 14.3. The van der Waals surface area contributed by atoms with Crippen molar-refractivity contribution in [1.82, 2.24) is 9.21 Å². The maximum absolute atomic E-state index is 12.6. The molecule has 1 aromatic heterocycles. The molecule has 1 fully saturated rings. The van der Waals surface area contributed by atoms with Gasteiger partial charge in [-0.1, -0.05) is 0 Å². The highest BCUT2D eigenvalue weighted by Gasteiger charge is 2.31. The number of nitrogens with zero attached hydrogens (tertiary/aromatic N) is 3. The number of piperazine rings is 1. The second kappa shape index (κ2) is 7.66. The minimum Gasteiger partial charge on any atom is -0.336 e. The number of thiophene rings is 1. The van der Waals surface area contributed by atoms with Crippen LogP contribution in [0.2, 0.25) is 0 Å². The van der Waals surface area contributed by atoms with Gasteiger partial charge in [-0.2, -0.15) is 4.31 Å². The van der Waals surface area contributed by atoms with Crippen molar-refractivity contribution >= 4 is 48.9 Å². The summed E-state index contributed by atoms with van der Waals surface area (Å²) in [6.07, 6.45) is 0. The number of hydrogen-bond acceptors (Lipinski definition) is 6. The average Bonchev–Trinajstić information content (AvgIpc) is 3.08. The molecule has 8 nitrogen and oxygen atoms in total. The number of nitro groups is 1. The van der Waals surface area contributed by atoms with Crippen molar-refractivity contribution < 1.29 is 18.1 Å². The van der Waals surface area contributed by atoms with Gasteiger partial charge in [0.25, 0.3) is 21.6 Å². The fourth-order valence-corrected chi connectivity index (χ4v) is 6.46. The second-order valence-electron chi connectivity index (χ2n) is 6.01. The number of nitro benzene ring substituents is 1. The number of aryl methyl sites for hydroxylation is 1. The lowest BCUT2D eigenvalue weighted by molar-refractivity contribution is -0.385. The molecule has 1 saturated heterocycles. The normalized spacial score (nSPS) is 15.7. The summed E-state index contributed by atoms with van der Waals surface area (Å²) in [5.74, 6) is -0.260. The van der Waals surface area contributed by atoms with Crippen molar-refractivity contribution in [1.29, 1.82) is 0 Å². The van der Waals surface area contributed by atoms with Gasteiger partial charge in [-0.3, -0.25) is 14.9 Å². The van der Waals surface area contributed by atoms with Gasteiger partial charge in [0.2, 0.25) is 0 Å². The molecular formula is C16H16BrN3O5S2. The molecule has 0 radical (unpaired) electrons. The smallest absolute Gasteiger partial charge is 0.272 e. The van der Waals surface area contributed by atoms with Gasteiger partial charge in [-0.15, -0.1) is 11.3 Å². The van der Waals surface area contributed by atoms with Crippen molar-refractivity contribution in [3.63, 3.8) is 0 Å². The van der Waals surface area contributed by atoms with Gasteiger partial charge in [-0.05, 0) is 47.1 Å². The highest BCUT2D eigenvalue weighted by Crippen LogP contribution is 2.29. The molecular weight excluding hydrogens is 458 g/mol. The van der Waals surface area contributed by atoms with Crippen LogP contribution in [0.5, 0.6) is 0 Å². The third-order valence-corrected chi connectivity index (χ3v) is 8.30. The Bertz CT molecular complexity index is 997. The summed E-state index contributed by atoms with van der Waals surface area (Å²) in [6.45, 7) is 2.52. The summed E-state index contributed by atoms with van der Waals surface area (Å²) < 4.78 is 27.7. The monoisotopic (exact) mass is 473 g/mol. The van der Waals surface area contributed by atoms with Crippen LogP contribution in [0, 0.1) is 17.0 Å². The lowest BCUT2D eigenvalue weighted by Crippen LogP contribution is -2.50. The number of hydrogen-bond donors (Lipinski definition) is 0. The molecule has 11 heteroatoms. The number of halogens is 1. The topological polar surface area (TPSA) is 101 Å². The fraction of sp³-hybridized carbons (Fsp3) is 0.312. The number of sulfonamides is 1. The molecule has 0 atom stereocenters. The van der Waals surface area contributed by atoms with E-state index in [9.17, 15) is 23.3 Å². The SMILES string of the molecule is Cc1cc(C(=O)N2CCN(S(=O)(=O)c3ccc(Br)s3)CC2)ccc1[N+](=O)[O-]. The minimum atomic E-state index is -3.57. The Morgan fingerprint density at radius 1 is 1.19 bits per heavy atom. The molecule has 0 N–H and O–H groups in total. The van der Waals surface area contributed by atoms with Crippen molar-refractivity contribution in [2.24, 2.45) is 0 Å². The number of benzene rings is 1. The summed E-state index contributed by atoms with van der Waals surface area (Å²) >= 11 is 4.41. The lowest BCUT2D eigenvalue weighted by Gasteiger charge is -2.33. The molecule has 0 unspecified atom stereocenters. The van der Waals surface area contributed by atoms with E-state index in [4.69, 9.17) is 0 Å². The Balaban J connectivity index is 1.69. The van der Waals surface area contributed by atoms with Gasteiger partial charge in [0.15, 0.2) is 0 Å². The van der Waals surface area contributed by atoms with Gasteiger partial charge in [-0.25, -0.2) is 8.42 Å². The number of carbonyl (C=O) groups excluding carboxylic acids is 1. The first-order chi connectivity index (χ1) is 12.7. The number of carbonyl (C=O) groups is 1. The summed E-state index contributed by atoms with van der Waals surface area (Å²) in [4.78, 5) is 24.6. The summed E-state index contributed by atoms with van der Waals surface area (Å²) in [6, 6.07) is 7.49. The fourth-order valence-electron chi connectivity index (χ4n) is 2.87.